The van der Waals surface area contributed by atoms with Crippen LogP contribution in [0.3, 0.4) is 0 Å². The average molecular weight is 488 g/mol. The Hall–Kier alpha value is -3.94. The zero-order valence-electron chi connectivity index (χ0n) is 21.5. The third-order valence-electron chi connectivity index (χ3n) is 6.16. The van der Waals surface area contributed by atoms with Gasteiger partial charge in [-0.3, -0.25) is 14.5 Å². The summed E-state index contributed by atoms with van der Waals surface area (Å²) in [7, 11) is 0. The van der Waals surface area contributed by atoms with E-state index in [1.165, 1.54) is 0 Å². The topological polar surface area (TPSA) is 93.3 Å². The molecule has 0 bridgehead atoms. The van der Waals surface area contributed by atoms with Crippen LogP contribution in [0.15, 0.2) is 59.0 Å². The molecule has 0 saturated heterocycles. The van der Waals surface area contributed by atoms with Crippen LogP contribution in [-0.2, 0) is 16.1 Å². The van der Waals surface area contributed by atoms with Crippen LogP contribution in [0, 0.1) is 26.7 Å². The number of nitrogens with one attached hydrogen (secondary N) is 1. The predicted molar refractivity (Wildman–Crippen MR) is 140 cm³/mol. The van der Waals surface area contributed by atoms with Crippen molar-refractivity contribution < 1.29 is 14.0 Å². The molecule has 8 nitrogen and oxygen atoms in total. The first kappa shape index (κ1) is 25.2. The van der Waals surface area contributed by atoms with E-state index < -0.39 is 6.04 Å². The maximum atomic E-state index is 14.0. The molecule has 2 aromatic heterocycles. The smallest absolute Gasteiger partial charge is 0.251 e. The number of hydrogen-bond donors (Lipinski definition) is 1. The predicted octanol–water partition coefficient (Wildman–Crippen LogP) is 4.89. The van der Waals surface area contributed by atoms with E-state index in [0.717, 1.165) is 23.1 Å². The van der Waals surface area contributed by atoms with Gasteiger partial charge in [-0.25, -0.2) is 4.68 Å². The summed E-state index contributed by atoms with van der Waals surface area (Å²) in [5.41, 5.74) is 3.96. The first-order valence-corrected chi connectivity index (χ1v) is 12.3. The molecule has 1 unspecified atom stereocenters. The van der Waals surface area contributed by atoms with E-state index in [9.17, 15) is 9.59 Å². The zero-order chi connectivity index (χ0) is 25.8. The molecule has 0 fully saturated rings. The molecule has 188 valence electrons. The number of hydrogen-bond acceptors (Lipinski definition) is 5. The van der Waals surface area contributed by atoms with Gasteiger partial charge in [0.05, 0.1) is 5.52 Å². The minimum Gasteiger partial charge on any atom is -0.464 e. The summed E-state index contributed by atoms with van der Waals surface area (Å²) < 4.78 is 7.50. The SMILES string of the molecule is Cc1ccc(C)c(N(C(=O)Cn2nnc3ccccc32)C(C(=O)NCCC(C)C)c2ccc(C)o2)c1. The molecule has 2 amide bonds. The van der Waals surface area contributed by atoms with E-state index in [1.807, 2.05) is 63.2 Å². The number of para-hydroxylation sites is 1. The fraction of sp³-hybridized carbons (Fsp3) is 0.357. The van der Waals surface area contributed by atoms with Gasteiger partial charge in [0.15, 0.2) is 6.04 Å². The third-order valence-corrected chi connectivity index (χ3v) is 6.16. The van der Waals surface area contributed by atoms with Crippen molar-refractivity contribution in [3.8, 4) is 0 Å². The van der Waals surface area contributed by atoms with E-state index in [1.54, 1.807) is 21.7 Å². The van der Waals surface area contributed by atoms with Crippen LogP contribution in [0.2, 0.25) is 0 Å². The summed E-state index contributed by atoms with van der Waals surface area (Å²) in [5, 5.41) is 11.4. The van der Waals surface area contributed by atoms with Crippen molar-refractivity contribution >= 4 is 28.5 Å². The van der Waals surface area contributed by atoms with E-state index in [2.05, 4.69) is 29.5 Å². The molecule has 4 aromatic rings. The van der Waals surface area contributed by atoms with Gasteiger partial charge in [-0.15, -0.1) is 5.10 Å². The van der Waals surface area contributed by atoms with Crippen LogP contribution < -0.4 is 10.2 Å². The van der Waals surface area contributed by atoms with Crippen molar-refractivity contribution in [1.29, 1.82) is 0 Å². The highest BCUT2D eigenvalue weighted by molar-refractivity contribution is 6.01. The van der Waals surface area contributed by atoms with Crippen LogP contribution >= 0.6 is 0 Å². The first-order valence-electron chi connectivity index (χ1n) is 12.3. The van der Waals surface area contributed by atoms with E-state index in [0.29, 0.717) is 35.2 Å². The number of furan rings is 1. The maximum Gasteiger partial charge on any atom is 0.251 e. The van der Waals surface area contributed by atoms with E-state index >= 15 is 0 Å². The van der Waals surface area contributed by atoms with Gasteiger partial charge in [0.25, 0.3) is 5.91 Å². The molecule has 0 radical (unpaired) electrons. The molecule has 0 spiro atoms. The Morgan fingerprint density at radius 1 is 1.06 bits per heavy atom. The number of anilines is 1. The van der Waals surface area contributed by atoms with Crippen LogP contribution in [0.1, 0.15) is 49.0 Å². The van der Waals surface area contributed by atoms with Gasteiger partial charge in [0.1, 0.15) is 23.6 Å². The highest BCUT2D eigenvalue weighted by atomic mass is 16.3. The van der Waals surface area contributed by atoms with Crippen molar-refractivity contribution in [2.45, 2.75) is 53.6 Å². The second-order valence-electron chi connectivity index (χ2n) is 9.61. The van der Waals surface area contributed by atoms with E-state index in [-0.39, 0.29) is 18.4 Å². The molecule has 1 atom stereocenters. The monoisotopic (exact) mass is 487 g/mol. The van der Waals surface area contributed by atoms with Gasteiger partial charge in [-0.2, -0.15) is 0 Å². The highest BCUT2D eigenvalue weighted by Gasteiger charge is 2.36. The Bertz CT molecular complexity index is 1370. The summed E-state index contributed by atoms with van der Waals surface area (Å²) in [6, 6.07) is 15.9. The van der Waals surface area contributed by atoms with Crippen LogP contribution in [0.4, 0.5) is 5.69 Å². The van der Waals surface area contributed by atoms with Gasteiger partial charge in [0, 0.05) is 12.2 Å². The summed E-state index contributed by atoms with van der Waals surface area (Å²) in [5.74, 6) is 0.931. The fourth-order valence-corrected chi connectivity index (χ4v) is 4.19. The second kappa shape index (κ2) is 10.8. The standard InChI is InChI=1S/C28H33N5O3/c1-18(2)14-15-29-28(35)27(25-13-12-21(5)36-25)33(24-16-19(3)10-11-20(24)4)26(34)17-32-23-9-7-6-8-22(23)30-31-32/h6-13,16,18,27H,14-15,17H2,1-5H3,(H,29,35). The van der Waals surface area contributed by atoms with Gasteiger partial charge >= 0.3 is 0 Å². The molecule has 2 heterocycles. The highest BCUT2D eigenvalue weighted by Crippen LogP contribution is 2.32. The van der Waals surface area contributed by atoms with Gasteiger partial charge in [-0.1, -0.05) is 43.3 Å². The van der Waals surface area contributed by atoms with Gasteiger partial charge in [0.2, 0.25) is 5.91 Å². The number of rotatable bonds is 9. The number of aromatic nitrogens is 3. The molecular weight excluding hydrogens is 454 g/mol. The molecule has 0 aliphatic heterocycles. The van der Waals surface area contributed by atoms with Gasteiger partial charge in [-0.05, 0) is 74.6 Å². The van der Waals surface area contributed by atoms with Crippen molar-refractivity contribution in [1.82, 2.24) is 20.3 Å². The minimum absolute atomic E-state index is 0.0800. The van der Waals surface area contributed by atoms with Crippen molar-refractivity contribution in [3.63, 3.8) is 0 Å². The number of carbonyl (C=O) groups is 2. The molecule has 0 aliphatic carbocycles. The number of benzene rings is 2. The molecule has 8 heteroatoms. The number of aryl methyl sites for hydroxylation is 3. The van der Waals surface area contributed by atoms with Crippen molar-refractivity contribution in [2.24, 2.45) is 5.92 Å². The zero-order valence-corrected chi connectivity index (χ0v) is 21.5. The molecule has 1 N–H and O–H groups in total. The quantitative estimate of drug-likeness (QED) is 0.363. The number of amides is 2. The third kappa shape index (κ3) is 5.48. The fourth-order valence-electron chi connectivity index (χ4n) is 4.19. The number of carbonyl (C=O) groups excluding carboxylic acids is 2. The lowest BCUT2D eigenvalue weighted by Crippen LogP contribution is -2.45. The minimum atomic E-state index is -0.978. The lowest BCUT2D eigenvalue weighted by Gasteiger charge is -2.31. The average Bonchev–Trinajstić information content (AvgIpc) is 3.45. The Kier molecular flexibility index (Phi) is 7.52. The van der Waals surface area contributed by atoms with Gasteiger partial charge < -0.3 is 9.73 Å². The molecule has 2 aromatic carbocycles. The first-order chi connectivity index (χ1) is 17.2. The summed E-state index contributed by atoms with van der Waals surface area (Å²) in [4.78, 5) is 29.3. The number of fused-ring (bicyclic) bond motifs is 1. The van der Waals surface area contributed by atoms with Crippen LogP contribution in [0.5, 0.6) is 0 Å². The molecule has 4 rings (SSSR count). The Labute approximate surface area is 211 Å². The Morgan fingerprint density at radius 2 is 1.83 bits per heavy atom. The largest absolute Gasteiger partial charge is 0.464 e. The van der Waals surface area contributed by atoms with Crippen molar-refractivity contribution in [3.05, 3.63) is 77.2 Å². The summed E-state index contributed by atoms with van der Waals surface area (Å²) in [6.45, 7) is 10.4. The Morgan fingerprint density at radius 3 is 2.56 bits per heavy atom. The number of nitrogens with zero attached hydrogens (tertiary/aromatic N) is 4. The molecule has 0 aliphatic rings. The Balaban J connectivity index is 1.78. The maximum absolute atomic E-state index is 14.0. The molecule has 0 saturated carbocycles. The normalized spacial score (nSPS) is 12.2. The van der Waals surface area contributed by atoms with Crippen LogP contribution in [-0.4, -0.2) is 33.4 Å². The second-order valence-corrected chi connectivity index (χ2v) is 9.61. The lowest BCUT2D eigenvalue weighted by atomic mass is 10.0. The van der Waals surface area contributed by atoms with Crippen molar-refractivity contribution in [2.75, 3.05) is 11.4 Å². The lowest BCUT2D eigenvalue weighted by molar-refractivity contribution is -0.127. The molecular formula is C28H33N5O3. The van der Waals surface area contributed by atoms with Crippen LogP contribution in [0.25, 0.3) is 11.0 Å². The summed E-state index contributed by atoms with van der Waals surface area (Å²) >= 11 is 0. The van der Waals surface area contributed by atoms with E-state index in [4.69, 9.17) is 4.42 Å². The molecule has 36 heavy (non-hydrogen) atoms. The summed E-state index contributed by atoms with van der Waals surface area (Å²) in [6.07, 6.45) is 0.831.